The fraction of sp³-hybridized carbons (Fsp3) is 0.0667. The molecule has 1 unspecified atom stereocenters. The van der Waals surface area contributed by atoms with E-state index in [4.69, 9.17) is 13.9 Å². The summed E-state index contributed by atoms with van der Waals surface area (Å²) < 4.78 is 16.7. The van der Waals surface area contributed by atoms with E-state index in [2.05, 4.69) is 20.9 Å². The third-order valence-corrected chi connectivity index (χ3v) is 9.88. The summed E-state index contributed by atoms with van der Waals surface area (Å²) in [5.41, 5.74) is 5.14. The molecular weight excluding hydrogens is 725 g/mol. The van der Waals surface area contributed by atoms with Gasteiger partial charge in [-0.25, -0.2) is 4.98 Å². The molecule has 0 bridgehead atoms. The van der Waals surface area contributed by atoms with Gasteiger partial charge in [-0.2, -0.15) is 0 Å². The predicted molar refractivity (Wildman–Crippen MR) is 220 cm³/mol. The van der Waals surface area contributed by atoms with Crippen LogP contribution in [0.4, 0.5) is 11.4 Å². The molecule has 1 aromatic heterocycles. The van der Waals surface area contributed by atoms with Crippen molar-refractivity contribution in [2.75, 3.05) is 24.9 Å². The first-order chi connectivity index (χ1) is 27.4. The van der Waals surface area contributed by atoms with Crippen molar-refractivity contribution in [1.82, 2.24) is 10.3 Å². The van der Waals surface area contributed by atoms with Crippen molar-refractivity contribution < 1.29 is 28.3 Å². The van der Waals surface area contributed by atoms with Crippen molar-refractivity contribution >= 4 is 58.0 Å². The third-order valence-electron chi connectivity index (χ3n) is 8.63. The Morgan fingerprint density at radius 3 is 2.14 bits per heavy atom. The van der Waals surface area contributed by atoms with E-state index in [9.17, 15) is 14.4 Å². The van der Waals surface area contributed by atoms with E-state index in [1.165, 1.54) is 26.0 Å². The number of carbonyl (C=O) groups excluding carboxylic acids is 3. The highest BCUT2D eigenvalue weighted by molar-refractivity contribution is 8.00. The van der Waals surface area contributed by atoms with Crippen LogP contribution in [0, 0.1) is 0 Å². The van der Waals surface area contributed by atoms with Gasteiger partial charge in [0.25, 0.3) is 11.8 Å². The maximum absolute atomic E-state index is 13.9. The number of aromatic nitrogens is 1. The molecule has 0 aliphatic heterocycles. The summed E-state index contributed by atoms with van der Waals surface area (Å²) >= 11 is 1.34. The van der Waals surface area contributed by atoms with Gasteiger partial charge >= 0.3 is 0 Å². The molecule has 0 saturated heterocycles. The van der Waals surface area contributed by atoms with E-state index in [0.717, 1.165) is 21.5 Å². The SMILES string of the molecule is COc1ccc(/C=C(/NC(=O)c2ccccc2)C(=O)Nc2cccc(SC(C(=O)Nc3ccc(-c4nc5ccccc5o4)cc3)c3ccccc3)c2)cc1OC. The number of nitrogens with one attached hydrogen (secondary N) is 3. The highest BCUT2D eigenvalue weighted by Gasteiger charge is 2.23. The van der Waals surface area contributed by atoms with Crippen LogP contribution < -0.4 is 25.4 Å². The topological polar surface area (TPSA) is 132 Å². The number of oxazole rings is 1. The van der Waals surface area contributed by atoms with Crippen LogP contribution in [0.1, 0.15) is 26.7 Å². The van der Waals surface area contributed by atoms with E-state index in [0.29, 0.717) is 45.5 Å². The molecule has 11 heteroatoms. The van der Waals surface area contributed by atoms with E-state index >= 15 is 0 Å². The maximum atomic E-state index is 13.9. The summed E-state index contributed by atoms with van der Waals surface area (Å²) in [5, 5.41) is 8.10. The van der Waals surface area contributed by atoms with Gasteiger partial charge < -0.3 is 29.8 Å². The monoisotopic (exact) mass is 760 g/mol. The highest BCUT2D eigenvalue weighted by atomic mass is 32.2. The van der Waals surface area contributed by atoms with Crippen LogP contribution in [0.15, 0.2) is 167 Å². The first-order valence-electron chi connectivity index (χ1n) is 17.6. The summed E-state index contributed by atoms with van der Waals surface area (Å²) in [5.74, 6) is 0.258. The van der Waals surface area contributed by atoms with Gasteiger partial charge in [0.2, 0.25) is 11.8 Å². The minimum atomic E-state index is -0.635. The van der Waals surface area contributed by atoms with Crippen LogP contribution >= 0.6 is 11.8 Å². The van der Waals surface area contributed by atoms with E-state index in [-0.39, 0.29) is 11.6 Å². The number of para-hydroxylation sites is 2. The molecule has 0 spiro atoms. The van der Waals surface area contributed by atoms with Gasteiger partial charge in [0, 0.05) is 27.4 Å². The van der Waals surface area contributed by atoms with Gasteiger partial charge in [-0.3, -0.25) is 14.4 Å². The summed E-state index contributed by atoms with van der Waals surface area (Å²) in [7, 11) is 3.06. The summed E-state index contributed by atoms with van der Waals surface area (Å²) in [6.07, 6.45) is 1.56. The number of thioether (sulfide) groups is 1. The minimum absolute atomic E-state index is 0.00721. The molecule has 10 nitrogen and oxygen atoms in total. The molecule has 3 N–H and O–H groups in total. The zero-order chi connectivity index (χ0) is 38.9. The Bertz CT molecular complexity index is 2490. The zero-order valence-corrected chi connectivity index (χ0v) is 31.2. The average molecular weight is 761 g/mol. The van der Waals surface area contributed by atoms with Crippen LogP contribution in [-0.2, 0) is 9.59 Å². The van der Waals surface area contributed by atoms with Crippen LogP contribution in [0.5, 0.6) is 11.5 Å². The molecule has 1 heterocycles. The molecule has 278 valence electrons. The lowest BCUT2D eigenvalue weighted by atomic mass is 10.1. The van der Waals surface area contributed by atoms with Crippen molar-refractivity contribution in [2.24, 2.45) is 0 Å². The van der Waals surface area contributed by atoms with Gasteiger partial charge in [0.1, 0.15) is 16.5 Å². The second kappa shape index (κ2) is 17.4. The number of amides is 3. The molecule has 0 saturated carbocycles. The summed E-state index contributed by atoms with van der Waals surface area (Å²) in [6.45, 7) is 0. The number of carbonyl (C=O) groups is 3. The fourth-order valence-corrected chi connectivity index (χ4v) is 6.92. The van der Waals surface area contributed by atoms with E-state index in [1.807, 2.05) is 84.9 Å². The molecule has 3 amide bonds. The Labute approximate surface area is 327 Å². The molecule has 7 rings (SSSR count). The Kier molecular flexibility index (Phi) is 11.5. The normalized spacial score (nSPS) is 11.7. The van der Waals surface area contributed by atoms with Crippen molar-refractivity contribution in [3.05, 3.63) is 174 Å². The van der Waals surface area contributed by atoms with Gasteiger partial charge in [0.05, 0.1) is 14.2 Å². The van der Waals surface area contributed by atoms with Gasteiger partial charge in [-0.05, 0) is 96.1 Å². The Hall–Kier alpha value is -7.11. The highest BCUT2D eigenvalue weighted by Crippen LogP contribution is 2.38. The molecule has 0 aliphatic carbocycles. The van der Waals surface area contributed by atoms with Gasteiger partial charge in [-0.15, -0.1) is 11.8 Å². The number of ether oxygens (including phenoxy) is 2. The lowest BCUT2D eigenvalue weighted by molar-refractivity contribution is -0.116. The zero-order valence-electron chi connectivity index (χ0n) is 30.4. The summed E-state index contributed by atoms with van der Waals surface area (Å²) in [4.78, 5) is 46.3. The number of rotatable bonds is 13. The van der Waals surface area contributed by atoms with E-state index in [1.54, 1.807) is 72.8 Å². The molecule has 0 aliphatic rings. The second-order valence-corrected chi connectivity index (χ2v) is 13.6. The quantitative estimate of drug-likeness (QED) is 0.0783. The molecule has 56 heavy (non-hydrogen) atoms. The first-order valence-corrected chi connectivity index (χ1v) is 18.4. The van der Waals surface area contributed by atoms with Crippen LogP contribution in [0.2, 0.25) is 0 Å². The van der Waals surface area contributed by atoms with Crippen molar-refractivity contribution in [2.45, 2.75) is 10.1 Å². The number of fused-ring (bicyclic) bond motifs is 1. The first kappa shape index (κ1) is 37.2. The number of hydrogen-bond donors (Lipinski definition) is 3. The standard InChI is InChI=1S/C45H36N4O6S/c1-53-39-25-20-29(27-40(39)54-2)26-37(48-42(50)31-14-7-4-8-15-31)43(51)47-34-16-11-17-35(28-34)56-41(30-12-5-3-6-13-30)44(52)46-33-23-21-32(22-24-33)45-49-36-18-9-10-19-38(36)55-45/h3-28,41H,1-2H3,(H,46,52)(H,47,51)(H,48,50)/b37-26+. The summed E-state index contributed by atoms with van der Waals surface area (Å²) in [6, 6.07) is 45.4. The average Bonchev–Trinajstić information content (AvgIpc) is 3.68. The minimum Gasteiger partial charge on any atom is -0.493 e. The van der Waals surface area contributed by atoms with Crippen LogP contribution in [0.3, 0.4) is 0 Å². The van der Waals surface area contributed by atoms with Crippen molar-refractivity contribution in [3.63, 3.8) is 0 Å². The smallest absolute Gasteiger partial charge is 0.272 e. The number of anilines is 2. The molecule has 0 radical (unpaired) electrons. The predicted octanol–water partition coefficient (Wildman–Crippen LogP) is 9.39. The molecule has 0 fully saturated rings. The lowest BCUT2D eigenvalue weighted by Crippen LogP contribution is -2.30. The van der Waals surface area contributed by atoms with Crippen molar-refractivity contribution in [3.8, 4) is 23.0 Å². The molecule has 1 atom stereocenters. The number of methoxy groups -OCH3 is 2. The fourth-order valence-electron chi connectivity index (χ4n) is 5.83. The Morgan fingerprint density at radius 1 is 0.696 bits per heavy atom. The largest absolute Gasteiger partial charge is 0.493 e. The van der Waals surface area contributed by atoms with Crippen LogP contribution in [-0.4, -0.2) is 36.9 Å². The lowest BCUT2D eigenvalue weighted by Gasteiger charge is -2.18. The maximum Gasteiger partial charge on any atom is 0.272 e. The van der Waals surface area contributed by atoms with Gasteiger partial charge in [-0.1, -0.05) is 72.8 Å². The van der Waals surface area contributed by atoms with Crippen LogP contribution in [0.25, 0.3) is 28.6 Å². The number of hydrogen-bond acceptors (Lipinski definition) is 8. The number of benzene rings is 6. The third kappa shape index (κ3) is 8.98. The van der Waals surface area contributed by atoms with E-state index < -0.39 is 17.1 Å². The number of nitrogens with zero attached hydrogens (tertiary/aromatic N) is 1. The molecule has 6 aromatic carbocycles. The molecular formula is C45H36N4O6S. The Balaban J connectivity index is 1.10. The second-order valence-electron chi connectivity index (χ2n) is 12.4. The molecule has 7 aromatic rings. The van der Waals surface area contributed by atoms with Gasteiger partial charge in [0.15, 0.2) is 17.1 Å². The Morgan fingerprint density at radius 2 is 1.41 bits per heavy atom. The van der Waals surface area contributed by atoms with Crippen molar-refractivity contribution in [1.29, 1.82) is 0 Å².